The molecule has 1 N–H and O–H groups in total. The minimum absolute atomic E-state index is 0.198. The summed E-state index contributed by atoms with van der Waals surface area (Å²) < 4.78 is 24.0. The third-order valence-corrected chi connectivity index (χ3v) is 6.32. The van der Waals surface area contributed by atoms with Crippen LogP contribution in [0.2, 0.25) is 0 Å². The molecular formula is C16H25NO3S. The Morgan fingerprint density at radius 3 is 2.19 bits per heavy atom. The topological polar surface area (TPSA) is 63.2 Å². The fourth-order valence-corrected chi connectivity index (χ4v) is 3.35. The zero-order chi connectivity index (χ0) is 16.0. The van der Waals surface area contributed by atoms with E-state index in [1.807, 2.05) is 30.3 Å². The van der Waals surface area contributed by atoms with Crippen molar-refractivity contribution < 1.29 is 13.2 Å². The lowest BCUT2D eigenvalue weighted by molar-refractivity contribution is -0.120. The summed E-state index contributed by atoms with van der Waals surface area (Å²) in [6, 6.07) is 9.92. The van der Waals surface area contributed by atoms with Gasteiger partial charge in [-0.1, -0.05) is 37.3 Å². The minimum Gasteiger partial charge on any atom is -0.354 e. The first-order chi connectivity index (χ1) is 9.80. The van der Waals surface area contributed by atoms with Crippen molar-refractivity contribution in [2.45, 2.75) is 50.5 Å². The molecule has 0 aliphatic rings. The predicted octanol–water partition coefficient (Wildman–Crippen LogP) is 2.51. The standard InChI is InChI=1S/C16H25NO3S/c1-5-14(15-9-7-6-8-10-15)11-17-16(18)13(4)21(19,20)12(2)3/h6-10,12-14H,5,11H2,1-4H3,(H,17,18)/t13-,14+/m1/s1. The maximum Gasteiger partial charge on any atom is 0.238 e. The maximum atomic E-state index is 12.1. The third kappa shape index (κ3) is 4.56. The molecule has 0 spiro atoms. The number of rotatable bonds is 7. The molecule has 1 rings (SSSR count). The third-order valence-electron chi connectivity index (χ3n) is 3.81. The zero-order valence-corrected chi connectivity index (χ0v) is 14.0. The lowest BCUT2D eigenvalue weighted by Crippen LogP contribution is -2.42. The predicted molar refractivity (Wildman–Crippen MR) is 86.0 cm³/mol. The highest BCUT2D eigenvalue weighted by Crippen LogP contribution is 2.18. The molecule has 0 aliphatic heterocycles. The van der Waals surface area contributed by atoms with Gasteiger partial charge in [0.1, 0.15) is 5.25 Å². The van der Waals surface area contributed by atoms with Crippen molar-refractivity contribution in [3.05, 3.63) is 35.9 Å². The van der Waals surface area contributed by atoms with Crippen LogP contribution in [0.5, 0.6) is 0 Å². The number of benzene rings is 1. The van der Waals surface area contributed by atoms with E-state index < -0.39 is 26.2 Å². The lowest BCUT2D eigenvalue weighted by atomic mass is 9.96. The second-order valence-corrected chi connectivity index (χ2v) is 8.37. The van der Waals surface area contributed by atoms with Gasteiger partial charge >= 0.3 is 0 Å². The Hall–Kier alpha value is -1.36. The molecule has 1 aromatic rings. The molecule has 0 fully saturated rings. The van der Waals surface area contributed by atoms with E-state index in [2.05, 4.69) is 12.2 Å². The van der Waals surface area contributed by atoms with E-state index in [1.165, 1.54) is 6.92 Å². The fourth-order valence-electron chi connectivity index (χ4n) is 2.15. The number of nitrogens with one attached hydrogen (secondary N) is 1. The summed E-state index contributed by atoms with van der Waals surface area (Å²) >= 11 is 0. The zero-order valence-electron chi connectivity index (χ0n) is 13.2. The molecule has 21 heavy (non-hydrogen) atoms. The Labute approximate surface area is 127 Å². The lowest BCUT2D eigenvalue weighted by Gasteiger charge is -2.19. The van der Waals surface area contributed by atoms with Crippen LogP contribution in [0.15, 0.2) is 30.3 Å². The smallest absolute Gasteiger partial charge is 0.238 e. The summed E-state index contributed by atoms with van der Waals surface area (Å²) in [5, 5.41) is 1.22. The van der Waals surface area contributed by atoms with Gasteiger partial charge in [0.15, 0.2) is 9.84 Å². The normalized spacial score (nSPS) is 14.7. The Bertz CT molecular complexity index is 552. The van der Waals surface area contributed by atoms with Gasteiger partial charge in [0.2, 0.25) is 5.91 Å². The molecular weight excluding hydrogens is 286 g/mol. The second-order valence-electron chi connectivity index (χ2n) is 5.54. The Morgan fingerprint density at radius 2 is 1.71 bits per heavy atom. The van der Waals surface area contributed by atoms with Crippen molar-refractivity contribution in [1.82, 2.24) is 5.32 Å². The van der Waals surface area contributed by atoms with E-state index in [0.717, 1.165) is 12.0 Å². The monoisotopic (exact) mass is 311 g/mol. The molecule has 5 heteroatoms. The molecule has 1 amide bonds. The first-order valence-corrected chi connectivity index (χ1v) is 8.97. The number of carbonyl (C=O) groups excluding carboxylic acids is 1. The summed E-state index contributed by atoms with van der Waals surface area (Å²) in [6.07, 6.45) is 0.885. The van der Waals surface area contributed by atoms with Crippen LogP contribution >= 0.6 is 0 Å². The van der Waals surface area contributed by atoms with Crippen LogP contribution in [0.3, 0.4) is 0 Å². The first-order valence-electron chi connectivity index (χ1n) is 7.36. The molecule has 0 saturated heterocycles. The van der Waals surface area contributed by atoms with Crippen molar-refractivity contribution in [2.75, 3.05) is 6.54 Å². The quantitative estimate of drug-likeness (QED) is 0.841. The van der Waals surface area contributed by atoms with Crippen molar-refractivity contribution >= 4 is 15.7 Å². The van der Waals surface area contributed by atoms with Crippen LogP contribution < -0.4 is 5.32 Å². The molecule has 4 nitrogen and oxygen atoms in total. The van der Waals surface area contributed by atoms with Gasteiger partial charge in [-0.25, -0.2) is 8.42 Å². The largest absolute Gasteiger partial charge is 0.354 e. The fraction of sp³-hybridized carbons (Fsp3) is 0.562. The summed E-state index contributed by atoms with van der Waals surface area (Å²) in [5.74, 6) is -0.220. The second kappa shape index (κ2) is 7.59. The molecule has 0 bridgehead atoms. The maximum absolute atomic E-state index is 12.1. The first kappa shape index (κ1) is 17.7. The highest BCUT2D eigenvalue weighted by molar-refractivity contribution is 7.93. The molecule has 118 valence electrons. The number of hydrogen-bond donors (Lipinski definition) is 1. The van der Waals surface area contributed by atoms with Gasteiger partial charge in [0, 0.05) is 12.5 Å². The SMILES string of the molecule is CC[C@@H](CNC(=O)[C@@H](C)S(=O)(=O)C(C)C)c1ccccc1. The summed E-state index contributed by atoms with van der Waals surface area (Å²) in [4.78, 5) is 12.1. The molecule has 2 atom stereocenters. The number of sulfone groups is 1. The van der Waals surface area contributed by atoms with E-state index in [4.69, 9.17) is 0 Å². The summed E-state index contributed by atoms with van der Waals surface area (Å²) in [5.41, 5.74) is 1.15. The Morgan fingerprint density at radius 1 is 1.14 bits per heavy atom. The van der Waals surface area contributed by atoms with Gasteiger partial charge in [-0.05, 0) is 32.8 Å². The molecule has 0 heterocycles. The van der Waals surface area contributed by atoms with Crippen molar-refractivity contribution in [3.63, 3.8) is 0 Å². The van der Waals surface area contributed by atoms with Crippen LogP contribution in [-0.2, 0) is 14.6 Å². The van der Waals surface area contributed by atoms with E-state index in [1.54, 1.807) is 13.8 Å². The van der Waals surface area contributed by atoms with Gasteiger partial charge in [-0.15, -0.1) is 0 Å². The average molecular weight is 311 g/mol. The van der Waals surface area contributed by atoms with Gasteiger partial charge in [-0.2, -0.15) is 0 Å². The van der Waals surface area contributed by atoms with Crippen LogP contribution in [0, 0.1) is 0 Å². The van der Waals surface area contributed by atoms with Crippen LogP contribution in [0.25, 0.3) is 0 Å². The van der Waals surface area contributed by atoms with E-state index in [9.17, 15) is 13.2 Å². The van der Waals surface area contributed by atoms with Gasteiger partial charge in [0.05, 0.1) is 5.25 Å². The van der Waals surface area contributed by atoms with Gasteiger partial charge in [-0.3, -0.25) is 4.79 Å². The van der Waals surface area contributed by atoms with E-state index in [-0.39, 0.29) is 5.92 Å². The van der Waals surface area contributed by atoms with Crippen molar-refractivity contribution in [2.24, 2.45) is 0 Å². The number of amides is 1. The minimum atomic E-state index is -3.41. The molecule has 1 aromatic carbocycles. The summed E-state index contributed by atoms with van der Waals surface area (Å²) in [7, 11) is -3.41. The Kier molecular flexibility index (Phi) is 6.40. The number of carbonyl (C=O) groups is 1. The van der Waals surface area contributed by atoms with Crippen LogP contribution in [0.1, 0.15) is 45.6 Å². The van der Waals surface area contributed by atoms with Gasteiger partial charge in [0.25, 0.3) is 0 Å². The highest BCUT2D eigenvalue weighted by Gasteiger charge is 2.30. The molecule has 0 aliphatic carbocycles. The molecule has 0 saturated carbocycles. The number of hydrogen-bond acceptors (Lipinski definition) is 3. The van der Waals surface area contributed by atoms with E-state index in [0.29, 0.717) is 6.54 Å². The average Bonchev–Trinajstić information content (AvgIpc) is 2.47. The molecule has 0 aromatic heterocycles. The van der Waals surface area contributed by atoms with Crippen molar-refractivity contribution in [1.29, 1.82) is 0 Å². The molecule has 0 radical (unpaired) electrons. The Balaban J connectivity index is 2.68. The van der Waals surface area contributed by atoms with Crippen LogP contribution in [0.4, 0.5) is 0 Å². The summed E-state index contributed by atoms with van der Waals surface area (Å²) in [6.45, 7) is 7.15. The molecule has 0 unspecified atom stereocenters. The van der Waals surface area contributed by atoms with Gasteiger partial charge < -0.3 is 5.32 Å². The van der Waals surface area contributed by atoms with E-state index >= 15 is 0 Å². The highest BCUT2D eigenvalue weighted by atomic mass is 32.2. The van der Waals surface area contributed by atoms with Crippen LogP contribution in [-0.4, -0.2) is 31.4 Å². The van der Waals surface area contributed by atoms with Crippen molar-refractivity contribution in [3.8, 4) is 0 Å².